The van der Waals surface area contributed by atoms with Crippen LogP contribution >= 0.6 is 0 Å². The molecule has 1 amide bonds. The third-order valence-electron chi connectivity index (χ3n) is 6.98. The van der Waals surface area contributed by atoms with Crippen LogP contribution in [0.1, 0.15) is 28.0 Å². The molecule has 12 heteroatoms. The van der Waals surface area contributed by atoms with E-state index in [9.17, 15) is 18.0 Å². The standard InChI is InChI=1S/C26H29N5O6S/c1-15-22(26(33)31(5)37-15)14-36-28-24-20-12-19(16-6-8-17(9-7-16)38(34,35)29(2)3)18-10-11-30(4)13-21(18)23(20)27-25(24)32/h6-9,12H,10-11,13-14H2,1-5H3,(H,27,28,32). The van der Waals surface area contributed by atoms with E-state index < -0.39 is 15.9 Å². The number of anilines is 1. The van der Waals surface area contributed by atoms with Gasteiger partial charge in [0.2, 0.25) is 10.0 Å². The minimum atomic E-state index is -3.56. The summed E-state index contributed by atoms with van der Waals surface area (Å²) in [5.41, 5.74) is 5.26. The summed E-state index contributed by atoms with van der Waals surface area (Å²) in [5.74, 6) is 0.0323. The molecule has 1 aromatic heterocycles. The molecule has 2 aliphatic rings. The highest BCUT2D eigenvalue weighted by Gasteiger charge is 2.34. The number of carbonyl (C=O) groups excluding carboxylic acids is 1. The first-order valence-corrected chi connectivity index (χ1v) is 13.5. The van der Waals surface area contributed by atoms with Gasteiger partial charge in [0.1, 0.15) is 11.3 Å². The quantitative estimate of drug-likeness (QED) is 0.475. The van der Waals surface area contributed by atoms with Crippen molar-refractivity contribution in [2.45, 2.75) is 31.4 Å². The second-order valence-corrected chi connectivity index (χ2v) is 11.9. The maximum atomic E-state index is 13.0. The maximum absolute atomic E-state index is 13.0. The summed E-state index contributed by atoms with van der Waals surface area (Å²) in [6.07, 6.45) is 0.772. The van der Waals surface area contributed by atoms with E-state index in [1.807, 2.05) is 13.1 Å². The molecule has 200 valence electrons. The van der Waals surface area contributed by atoms with Gasteiger partial charge in [0.25, 0.3) is 11.5 Å². The zero-order valence-electron chi connectivity index (χ0n) is 21.9. The molecule has 38 heavy (non-hydrogen) atoms. The van der Waals surface area contributed by atoms with Gasteiger partial charge in [0.15, 0.2) is 12.3 Å². The summed E-state index contributed by atoms with van der Waals surface area (Å²) in [7, 11) is 2.96. The molecule has 3 heterocycles. The van der Waals surface area contributed by atoms with Gasteiger partial charge in [-0.1, -0.05) is 17.3 Å². The topological polar surface area (TPSA) is 126 Å². The largest absolute Gasteiger partial charge is 0.390 e. The molecule has 0 fully saturated rings. The van der Waals surface area contributed by atoms with Gasteiger partial charge in [-0.25, -0.2) is 12.7 Å². The van der Waals surface area contributed by atoms with Crippen molar-refractivity contribution in [2.24, 2.45) is 12.2 Å². The number of benzene rings is 2. The number of amides is 1. The number of aromatic nitrogens is 1. The molecule has 3 aromatic rings. The lowest BCUT2D eigenvalue weighted by Crippen LogP contribution is -2.27. The number of oxime groups is 1. The normalized spacial score (nSPS) is 16.6. The Labute approximate surface area is 220 Å². The summed E-state index contributed by atoms with van der Waals surface area (Å²) >= 11 is 0. The van der Waals surface area contributed by atoms with E-state index in [0.29, 0.717) is 29.1 Å². The van der Waals surface area contributed by atoms with Crippen LogP contribution < -0.4 is 10.9 Å². The van der Waals surface area contributed by atoms with E-state index >= 15 is 0 Å². The van der Waals surface area contributed by atoms with Crippen molar-refractivity contribution in [1.29, 1.82) is 0 Å². The molecule has 0 radical (unpaired) electrons. The molecule has 1 N–H and O–H groups in total. The molecule has 0 saturated heterocycles. The van der Waals surface area contributed by atoms with Gasteiger partial charge in [-0.15, -0.1) is 0 Å². The number of carbonyl (C=O) groups is 1. The fourth-order valence-corrected chi connectivity index (χ4v) is 5.75. The molecule has 5 rings (SSSR count). The molecule has 0 bridgehead atoms. The zero-order valence-corrected chi connectivity index (χ0v) is 22.7. The molecule has 11 nitrogen and oxygen atoms in total. The van der Waals surface area contributed by atoms with Gasteiger partial charge in [-0.3, -0.25) is 9.59 Å². The predicted molar refractivity (Wildman–Crippen MR) is 141 cm³/mol. The van der Waals surface area contributed by atoms with E-state index in [-0.39, 0.29) is 22.8 Å². The predicted octanol–water partition coefficient (Wildman–Crippen LogP) is 2.06. The first-order valence-electron chi connectivity index (χ1n) is 12.1. The van der Waals surface area contributed by atoms with Crippen molar-refractivity contribution >= 4 is 27.3 Å². The van der Waals surface area contributed by atoms with Crippen LogP contribution in [0.15, 0.2) is 49.7 Å². The number of sulfonamides is 1. The molecule has 0 aliphatic carbocycles. The Morgan fingerprint density at radius 1 is 1.11 bits per heavy atom. The van der Waals surface area contributed by atoms with Crippen molar-refractivity contribution in [3.05, 3.63) is 68.7 Å². The Hall–Kier alpha value is -3.74. The van der Waals surface area contributed by atoms with Crippen LogP contribution in [0.4, 0.5) is 5.69 Å². The van der Waals surface area contributed by atoms with Gasteiger partial charge < -0.3 is 19.6 Å². The Balaban J connectivity index is 1.56. The van der Waals surface area contributed by atoms with E-state index in [4.69, 9.17) is 9.36 Å². The third kappa shape index (κ3) is 4.34. The van der Waals surface area contributed by atoms with Crippen LogP contribution in [0.3, 0.4) is 0 Å². The molecule has 2 aromatic carbocycles. The smallest absolute Gasteiger partial charge is 0.289 e. The van der Waals surface area contributed by atoms with Crippen molar-refractivity contribution in [1.82, 2.24) is 13.9 Å². The first kappa shape index (κ1) is 25.9. The molecular weight excluding hydrogens is 510 g/mol. The van der Waals surface area contributed by atoms with Crippen LogP contribution in [-0.4, -0.2) is 61.7 Å². The van der Waals surface area contributed by atoms with Crippen molar-refractivity contribution in [3.8, 4) is 11.1 Å². The average molecular weight is 540 g/mol. The van der Waals surface area contributed by atoms with E-state index in [0.717, 1.165) is 40.0 Å². The third-order valence-corrected chi connectivity index (χ3v) is 8.81. The highest BCUT2D eigenvalue weighted by atomic mass is 32.2. The van der Waals surface area contributed by atoms with Gasteiger partial charge >= 0.3 is 0 Å². The molecule has 0 spiro atoms. The van der Waals surface area contributed by atoms with E-state index in [1.165, 1.54) is 25.4 Å². The SMILES string of the molecule is Cc1on(C)c(=O)c1CO/N=C1\C(=O)Nc2c1cc(-c1ccc(S(=O)(=O)N(C)C)cc1)c1c2CN(C)CC1. The number of hydrogen-bond donors (Lipinski definition) is 1. The molecule has 2 aliphatic heterocycles. The summed E-state index contributed by atoms with van der Waals surface area (Å²) in [6, 6.07) is 8.65. The maximum Gasteiger partial charge on any atom is 0.289 e. The highest BCUT2D eigenvalue weighted by molar-refractivity contribution is 7.89. The van der Waals surface area contributed by atoms with Crippen LogP contribution in [0.25, 0.3) is 11.1 Å². The fraction of sp³-hybridized carbons (Fsp3) is 0.346. The van der Waals surface area contributed by atoms with Crippen LogP contribution in [0.2, 0.25) is 0 Å². The zero-order chi connectivity index (χ0) is 27.4. The number of nitrogens with zero attached hydrogens (tertiary/aromatic N) is 4. The van der Waals surface area contributed by atoms with Crippen molar-refractivity contribution in [2.75, 3.05) is 33.0 Å². The Morgan fingerprint density at radius 3 is 2.45 bits per heavy atom. The van der Waals surface area contributed by atoms with Crippen molar-refractivity contribution < 1.29 is 22.6 Å². The lowest BCUT2D eigenvalue weighted by atomic mass is 9.87. The first-order chi connectivity index (χ1) is 18.0. The number of aryl methyl sites for hydroxylation is 2. The monoisotopic (exact) mass is 539 g/mol. The average Bonchev–Trinajstić information content (AvgIpc) is 3.32. The summed E-state index contributed by atoms with van der Waals surface area (Å²) in [6.45, 7) is 3.01. The molecule has 0 atom stereocenters. The second kappa shape index (κ2) is 9.53. The minimum Gasteiger partial charge on any atom is -0.390 e. The summed E-state index contributed by atoms with van der Waals surface area (Å²) in [4.78, 5) is 33.0. The molecular formula is C26H29N5O6S. The number of rotatable bonds is 6. The Kier molecular flexibility index (Phi) is 6.49. The van der Waals surface area contributed by atoms with E-state index in [1.54, 1.807) is 31.2 Å². The number of hydrogen-bond acceptors (Lipinski definition) is 8. The number of likely N-dealkylation sites (N-methyl/N-ethyl adjacent to an activating group) is 1. The molecule has 0 unspecified atom stereocenters. The van der Waals surface area contributed by atoms with Crippen molar-refractivity contribution in [3.63, 3.8) is 0 Å². The summed E-state index contributed by atoms with van der Waals surface area (Å²) in [5, 5.41) is 7.06. The summed E-state index contributed by atoms with van der Waals surface area (Å²) < 4.78 is 32.7. The van der Waals surface area contributed by atoms with Gasteiger partial charge in [0.05, 0.1) is 10.6 Å². The van der Waals surface area contributed by atoms with Gasteiger partial charge in [-0.05, 0) is 60.8 Å². The van der Waals surface area contributed by atoms with Gasteiger partial charge in [0, 0.05) is 39.8 Å². The number of nitrogens with one attached hydrogen (secondary N) is 1. The second-order valence-electron chi connectivity index (χ2n) is 9.70. The van der Waals surface area contributed by atoms with Gasteiger partial charge in [-0.2, -0.15) is 4.74 Å². The molecule has 0 saturated carbocycles. The Morgan fingerprint density at radius 2 is 1.82 bits per heavy atom. The van der Waals surface area contributed by atoms with Crippen LogP contribution in [0.5, 0.6) is 0 Å². The van der Waals surface area contributed by atoms with E-state index in [2.05, 4.69) is 15.4 Å². The lowest BCUT2D eigenvalue weighted by Gasteiger charge is -2.29. The highest BCUT2D eigenvalue weighted by Crippen LogP contribution is 2.40. The minimum absolute atomic E-state index is 0.113. The Bertz CT molecular complexity index is 1630. The lowest BCUT2D eigenvalue weighted by molar-refractivity contribution is -0.110. The van der Waals surface area contributed by atoms with Crippen LogP contribution in [-0.2, 0) is 46.3 Å². The fourth-order valence-electron chi connectivity index (χ4n) is 4.85. The van der Waals surface area contributed by atoms with Crippen LogP contribution in [0, 0.1) is 6.92 Å². The number of fused-ring (bicyclic) bond motifs is 3.